The summed E-state index contributed by atoms with van der Waals surface area (Å²) in [5.41, 5.74) is 8.63. The Balaban J connectivity index is 2.01. The highest BCUT2D eigenvalue weighted by Gasteiger charge is 2.52. The lowest BCUT2D eigenvalue weighted by atomic mass is 9.50. The van der Waals surface area contributed by atoms with Gasteiger partial charge in [-0.05, 0) is 61.5 Å². The maximum absolute atomic E-state index is 11.0. The molecule has 4 unspecified atom stereocenters. The summed E-state index contributed by atoms with van der Waals surface area (Å²) in [7, 11) is 0. The zero-order valence-corrected chi connectivity index (χ0v) is 16.7. The quantitative estimate of drug-likeness (QED) is 0.424. The van der Waals surface area contributed by atoms with E-state index in [1.54, 1.807) is 0 Å². The summed E-state index contributed by atoms with van der Waals surface area (Å²) < 4.78 is 0. The SMILES string of the molecule is CCC(O[N+](=O)[O-])C1(C)C=C2CC(CCN)(CC(C)(c3ccccc3)C2)C1. The Bertz CT molecular complexity index is 720. The summed E-state index contributed by atoms with van der Waals surface area (Å²) in [6, 6.07) is 10.7. The largest absolute Gasteiger partial charge is 0.330 e. The molecule has 2 N–H and O–H groups in total. The van der Waals surface area contributed by atoms with E-state index in [9.17, 15) is 10.1 Å². The van der Waals surface area contributed by atoms with Crippen LogP contribution in [0.15, 0.2) is 42.0 Å². The number of nitrogens with two attached hydrogens (primary N) is 1. The molecule has 27 heavy (non-hydrogen) atoms. The lowest BCUT2D eigenvalue weighted by Crippen LogP contribution is -2.49. The summed E-state index contributed by atoms with van der Waals surface area (Å²) >= 11 is 0. The van der Waals surface area contributed by atoms with Gasteiger partial charge >= 0.3 is 0 Å². The van der Waals surface area contributed by atoms with Crippen molar-refractivity contribution >= 4 is 0 Å². The monoisotopic (exact) mass is 372 g/mol. The van der Waals surface area contributed by atoms with Crippen molar-refractivity contribution in [3.63, 3.8) is 0 Å². The van der Waals surface area contributed by atoms with Gasteiger partial charge in [0.1, 0.15) is 6.10 Å². The van der Waals surface area contributed by atoms with Gasteiger partial charge in [-0.25, -0.2) is 0 Å². The fourth-order valence-corrected chi connectivity index (χ4v) is 6.14. The number of hydrogen-bond donors (Lipinski definition) is 1. The molecule has 4 atom stereocenters. The van der Waals surface area contributed by atoms with Crippen LogP contribution in [0.4, 0.5) is 0 Å². The van der Waals surface area contributed by atoms with Gasteiger partial charge in [-0.2, -0.15) is 0 Å². The van der Waals surface area contributed by atoms with Gasteiger partial charge in [0, 0.05) is 5.41 Å². The molecule has 2 aliphatic rings. The first-order valence-corrected chi connectivity index (χ1v) is 10.0. The van der Waals surface area contributed by atoms with Crippen LogP contribution in [0.5, 0.6) is 0 Å². The van der Waals surface area contributed by atoms with Crippen LogP contribution in [-0.4, -0.2) is 17.7 Å². The molecule has 2 aliphatic carbocycles. The minimum atomic E-state index is -0.633. The van der Waals surface area contributed by atoms with E-state index in [2.05, 4.69) is 50.3 Å². The Labute approximate surface area is 162 Å². The van der Waals surface area contributed by atoms with Gasteiger partial charge < -0.3 is 10.6 Å². The number of allylic oxidation sites excluding steroid dienone is 1. The molecular formula is C22H32N2O3. The van der Waals surface area contributed by atoms with Gasteiger partial charge in [0.05, 0.1) is 0 Å². The average Bonchev–Trinajstić information content (AvgIpc) is 2.59. The molecule has 0 heterocycles. The van der Waals surface area contributed by atoms with E-state index < -0.39 is 11.2 Å². The van der Waals surface area contributed by atoms with E-state index in [4.69, 9.17) is 10.6 Å². The molecule has 0 aromatic heterocycles. The standard InChI is InChI=1S/C22H32N2O3/c1-4-19(27-24(25)26)21(3)13-17-12-20(2,18-8-6-5-7-9-18)15-22(14-17,16-21)10-11-23/h5-9,13,19H,4,10-12,14-16,23H2,1-3H3. The third-order valence-electron chi connectivity index (χ3n) is 6.74. The average molecular weight is 373 g/mol. The van der Waals surface area contributed by atoms with Crippen LogP contribution in [0.25, 0.3) is 0 Å². The van der Waals surface area contributed by atoms with E-state index in [-0.39, 0.29) is 16.2 Å². The Morgan fingerprint density at radius 2 is 1.93 bits per heavy atom. The molecule has 5 nitrogen and oxygen atoms in total. The van der Waals surface area contributed by atoms with Crippen LogP contribution in [0, 0.1) is 20.9 Å². The zero-order chi connectivity index (χ0) is 19.7. The lowest BCUT2D eigenvalue weighted by Gasteiger charge is -2.55. The molecule has 0 amide bonds. The second-order valence-corrected chi connectivity index (χ2v) is 9.21. The lowest BCUT2D eigenvalue weighted by molar-refractivity contribution is -0.772. The number of rotatable bonds is 7. The first-order chi connectivity index (χ1) is 12.7. The molecule has 0 aliphatic heterocycles. The summed E-state index contributed by atoms with van der Waals surface area (Å²) in [6.07, 6.45) is 7.43. The second-order valence-electron chi connectivity index (χ2n) is 9.21. The summed E-state index contributed by atoms with van der Waals surface area (Å²) in [4.78, 5) is 16.1. The van der Waals surface area contributed by atoms with Crippen molar-refractivity contribution in [2.24, 2.45) is 16.6 Å². The Morgan fingerprint density at radius 1 is 1.22 bits per heavy atom. The van der Waals surface area contributed by atoms with Crippen molar-refractivity contribution in [2.45, 2.75) is 70.8 Å². The molecule has 1 saturated carbocycles. The minimum absolute atomic E-state index is 0.0732. The van der Waals surface area contributed by atoms with E-state index >= 15 is 0 Å². The maximum atomic E-state index is 11.0. The van der Waals surface area contributed by atoms with E-state index in [0.717, 1.165) is 32.1 Å². The number of benzene rings is 1. The van der Waals surface area contributed by atoms with Crippen LogP contribution in [0.3, 0.4) is 0 Å². The van der Waals surface area contributed by atoms with Gasteiger partial charge in [-0.1, -0.05) is 62.8 Å². The Kier molecular flexibility index (Phi) is 5.35. The van der Waals surface area contributed by atoms with Crippen LogP contribution in [0.2, 0.25) is 0 Å². The van der Waals surface area contributed by atoms with Crippen LogP contribution in [-0.2, 0) is 10.3 Å². The van der Waals surface area contributed by atoms with Gasteiger partial charge in [0.15, 0.2) is 0 Å². The van der Waals surface area contributed by atoms with Gasteiger partial charge in [-0.3, -0.25) is 0 Å². The van der Waals surface area contributed by atoms with Crippen molar-refractivity contribution in [1.82, 2.24) is 0 Å². The predicted octanol–water partition coefficient (Wildman–Crippen LogP) is 4.79. The van der Waals surface area contributed by atoms with Gasteiger partial charge in [0.25, 0.3) is 5.09 Å². The van der Waals surface area contributed by atoms with E-state index in [1.165, 1.54) is 11.1 Å². The molecule has 0 radical (unpaired) electrons. The highest BCUT2D eigenvalue weighted by Crippen LogP contribution is 2.60. The molecule has 148 valence electrons. The molecule has 5 heteroatoms. The van der Waals surface area contributed by atoms with Gasteiger partial charge in [-0.15, -0.1) is 10.1 Å². The predicted molar refractivity (Wildman–Crippen MR) is 107 cm³/mol. The molecular weight excluding hydrogens is 340 g/mol. The van der Waals surface area contributed by atoms with Crippen LogP contribution in [0.1, 0.15) is 64.9 Å². The molecule has 0 saturated heterocycles. The topological polar surface area (TPSA) is 78.4 Å². The van der Waals surface area contributed by atoms with Crippen molar-refractivity contribution in [3.8, 4) is 0 Å². The van der Waals surface area contributed by atoms with E-state index in [0.29, 0.717) is 13.0 Å². The fraction of sp³-hybridized carbons (Fsp3) is 0.636. The summed E-state index contributed by atoms with van der Waals surface area (Å²) in [6.45, 7) is 7.08. The Hall–Kier alpha value is -1.88. The first-order valence-electron chi connectivity index (χ1n) is 10.0. The highest BCUT2D eigenvalue weighted by molar-refractivity contribution is 5.34. The maximum Gasteiger partial charge on any atom is 0.294 e. The van der Waals surface area contributed by atoms with Crippen molar-refractivity contribution in [3.05, 3.63) is 57.7 Å². The third-order valence-corrected chi connectivity index (χ3v) is 6.74. The van der Waals surface area contributed by atoms with Crippen molar-refractivity contribution in [1.29, 1.82) is 0 Å². The minimum Gasteiger partial charge on any atom is -0.330 e. The fourth-order valence-electron chi connectivity index (χ4n) is 6.14. The zero-order valence-electron chi connectivity index (χ0n) is 16.7. The summed E-state index contributed by atoms with van der Waals surface area (Å²) in [5.74, 6) is 0. The highest BCUT2D eigenvalue weighted by atomic mass is 17.0. The van der Waals surface area contributed by atoms with Gasteiger partial charge in [0.2, 0.25) is 0 Å². The normalized spacial score (nSPS) is 33.9. The van der Waals surface area contributed by atoms with Crippen molar-refractivity contribution < 1.29 is 9.92 Å². The van der Waals surface area contributed by atoms with Crippen LogP contribution >= 0.6 is 0 Å². The molecule has 0 spiro atoms. The van der Waals surface area contributed by atoms with Crippen molar-refractivity contribution in [2.75, 3.05) is 6.54 Å². The number of nitrogens with zero attached hydrogens (tertiary/aromatic N) is 1. The molecule has 1 aromatic carbocycles. The van der Waals surface area contributed by atoms with E-state index in [1.807, 2.05) is 6.92 Å². The molecule has 2 bridgehead atoms. The first kappa shape index (κ1) is 19.9. The second kappa shape index (κ2) is 7.27. The smallest absolute Gasteiger partial charge is 0.294 e. The molecule has 1 fully saturated rings. The number of hydrogen-bond acceptors (Lipinski definition) is 4. The molecule has 3 rings (SSSR count). The Morgan fingerprint density at radius 3 is 2.52 bits per heavy atom. The van der Waals surface area contributed by atoms with Crippen LogP contribution < -0.4 is 5.73 Å². The number of fused-ring (bicyclic) bond motifs is 2. The third kappa shape index (κ3) is 3.88. The summed E-state index contributed by atoms with van der Waals surface area (Å²) in [5, 5.41) is 10.4. The molecule has 1 aromatic rings.